The molecule has 0 aliphatic carbocycles. The molecule has 3 rings (SSSR count). The first-order valence-electron chi connectivity index (χ1n) is 11.9. The van der Waals surface area contributed by atoms with E-state index in [1.54, 1.807) is 59.7 Å². The second-order valence-corrected chi connectivity index (χ2v) is 11.5. The molecule has 2 aromatic rings. The third-order valence-corrected chi connectivity index (χ3v) is 6.11. The van der Waals surface area contributed by atoms with Crippen LogP contribution in [0.15, 0.2) is 24.4 Å². The summed E-state index contributed by atoms with van der Waals surface area (Å²) in [5.41, 5.74) is -1.48. The standard InChI is InChI=1S/C26H34ClN3O7/c1-25(2,3)20(29-24(34)37-26(4,5)6)22(31)30-13-15(11-18(30)23(32)33)36-21-17-10-14(27)8-9-16(17)19(35-7)12-28-21/h8-10,12,15,18,20H,11,13H2,1-7H3,(H,29,34)(H,32,33)/t15-,18+,20-/m1/s1. The monoisotopic (exact) mass is 535 g/mol. The number of hydrogen-bond donors (Lipinski definition) is 2. The van der Waals surface area contributed by atoms with Gasteiger partial charge in [-0.1, -0.05) is 32.4 Å². The lowest BCUT2D eigenvalue weighted by atomic mass is 9.85. The number of carboxylic acid groups (broad SMARTS) is 1. The van der Waals surface area contributed by atoms with E-state index < -0.39 is 47.2 Å². The van der Waals surface area contributed by atoms with Crippen molar-refractivity contribution in [1.29, 1.82) is 0 Å². The van der Waals surface area contributed by atoms with Crippen LogP contribution in [0, 0.1) is 5.41 Å². The van der Waals surface area contributed by atoms with Crippen LogP contribution in [0.2, 0.25) is 5.02 Å². The smallest absolute Gasteiger partial charge is 0.408 e. The summed E-state index contributed by atoms with van der Waals surface area (Å²) in [6, 6.07) is 3.02. The summed E-state index contributed by atoms with van der Waals surface area (Å²) in [6.45, 7) is 10.5. The number of amides is 2. The maximum atomic E-state index is 13.6. The largest absolute Gasteiger partial charge is 0.494 e. The Balaban J connectivity index is 1.87. The normalized spacial score (nSPS) is 18.9. The van der Waals surface area contributed by atoms with Crippen molar-refractivity contribution in [3.05, 3.63) is 29.4 Å². The molecule has 2 N–H and O–H groups in total. The number of methoxy groups -OCH3 is 1. The number of carbonyl (C=O) groups excluding carboxylic acids is 2. The van der Waals surface area contributed by atoms with Gasteiger partial charge >= 0.3 is 12.1 Å². The van der Waals surface area contributed by atoms with Crippen LogP contribution in [0.25, 0.3) is 10.8 Å². The lowest BCUT2D eigenvalue weighted by Gasteiger charge is -2.35. The van der Waals surface area contributed by atoms with Crippen molar-refractivity contribution in [3.8, 4) is 11.6 Å². The fraction of sp³-hybridized carbons (Fsp3) is 0.538. The number of fused-ring (bicyclic) bond motifs is 1. The Hall–Kier alpha value is -3.27. The van der Waals surface area contributed by atoms with Gasteiger partial charge in [0.1, 0.15) is 29.5 Å². The Morgan fingerprint density at radius 2 is 1.84 bits per heavy atom. The number of aliphatic carboxylic acids is 1. The molecule has 10 nitrogen and oxygen atoms in total. The Morgan fingerprint density at radius 1 is 1.16 bits per heavy atom. The number of rotatable bonds is 6. The molecule has 3 atom stereocenters. The van der Waals surface area contributed by atoms with E-state index in [2.05, 4.69) is 10.3 Å². The van der Waals surface area contributed by atoms with Gasteiger partial charge in [-0.2, -0.15) is 0 Å². The highest BCUT2D eigenvalue weighted by atomic mass is 35.5. The molecule has 2 heterocycles. The van der Waals surface area contributed by atoms with Crippen molar-refractivity contribution in [3.63, 3.8) is 0 Å². The Bertz CT molecular complexity index is 1190. The summed E-state index contributed by atoms with van der Waals surface area (Å²) >= 11 is 6.19. The number of pyridine rings is 1. The Labute approximate surface area is 221 Å². The zero-order valence-corrected chi connectivity index (χ0v) is 22.9. The van der Waals surface area contributed by atoms with Crippen molar-refractivity contribution in [2.75, 3.05) is 13.7 Å². The molecular weight excluding hydrogens is 502 g/mol. The van der Waals surface area contributed by atoms with Crippen molar-refractivity contribution in [1.82, 2.24) is 15.2 Å². The molecule has 1 aliphatic heterocycles. The average molecular weight is 536 g/mol. The molecule has 202 valence electrons. The van der Waals surface area contributed by atoms with Crippen LogP contribution in [-0.2, 0) is 14.3 Å². The molecule has 1 fully saturated rings. The minimum atomic E-state index is -1.17. The molecule has 0 spiro atoms. The minimum Gasteiger partial charge on any atom is -0.494 e. The van der Waals surface area contributed by atoms with Gasteiger partial charge in [0.25, 0.3) is 0 Å². The molecule has 0 unspecified atom stereocenters. The molecule has 2 amide bonds. The van der Waals surface area contributed by atoms with Crippen LogP contribution >= 0.6 is 11.6 Å². The van der Waals surface area contributed by atoms with Gasteiger partial charge in [0.2, 0.25) is 11.8 Å². The summed E-state index contributed by atoms with van der Waals surface area (Å²) in [6.07, 6.45) is 0.138. The highest BCUT2D eigenvalue weighted by Gasteiger charge is 2.46. The molecule has 0 radical (unpaired) electrons. The van der Waals surface area contributed by atoms with Crippen LogP contribution < -0.4 is 14.8 Å². The van der Waals surface area contributed by atoms with Gasteiger partial charge in [-0.25, -0.2) is 14.6 Å². The lowest BCUT2D eigenvalue weighted by molar-refractivity contribution is -0.150. The van der Waals surface area contributed by atoms with Crippen molar-refractivity contribution >= 4 is 40.3 Å². The molecule has 37 heavy (non-hydrogen) atoms. The summed E-state index contributed by atoms with van der Waals surface area (Å²) in [4.78, 5) is 43.8. The molecule has 1 aromatic heterocycles. The topological polar surface area (TPSA) is 127 Å². The first-order valence-corrected chi connectivity index (χ1v) is 12.3. The van der Waals surface area contributed by atoms with Crippen LogP contribution in [0.4, 0.5) is 4.79 Å². The van der Waals surface area contributed by atoms with E-state index in [1.807, 2.05) is 0 Å². The highest BCUT2D eigenvalue weighted by molar-refractivity contribution is 6.31. The fourth-order valence-corrected chi connectivity index (χ4v) is 4.35. The van der Waals surface area contributed by atoms with Crippen molar-refractivity contribution in [2.45, 2.75) is 71.8 Å². The maximum absolute atomic E-state index is 13.6. The van der Waals surface area contributed by atoms with Crippen molar-refractivity contribution < 1.29 is 33.7 Å². The third-order valence-electron chi connectivity index (χ3n) is 5.88. The first-order chi connectivity index (χ1) is 17.1. The Kier molecular flexibility index (Phi) is 8.12. The summed E-state index contributed by atoms with van der Waals surface area (Å²) in [5, 5.41) is 14.3. The minimum absolute atomic E-state index is 0.00581. The number of carbonyl (C=O) groups is 3. The lowest BCUT2D eigenvalue weighted by Crippen LogP contribution is -2.57. The second-order valence-electron chi connectivity index (χ2n) is 11.1. The number of benzene rings is 1. The first kappa shape index (κ1) is 28.3. The molecule has 1 aromatic carbocycles. The Morgan fingerprint density at radius 3 is 2.41 bits per heavy atom. The van der Waals surface area contributed by atoms with E-state index in [0.29, 0.717) is 16.2 Å². The van der Waals surface area contributed by atoms with E-state index in [4.69, 9.17) is 25.8 Å². The van der Waals surface area contributed by atoms with Crippen molar-refractivity contribution in [2.24, 2.45) is 5.41 Å². The van der Waals surface area contributed by atoms with E-state index in [1.165, 1.54) is 18.2 Å². The van der Waals surface area contributed by atoms with Gasteiger partial charge in [0.05, 0.1) is 19.9 Å². The number of ether oxygens (including phenoxy) is 3. The summed E-state index contributed by atoms with van der Waals surface area (Å²) in [7, 11) is 1.53. The number of nitrogens with one attached hydrogen (secondary N) is 1. The average Bonchev–Trinajstić information content (AvgIpc) is 3.19. The van der Waals surface area contributed by atoms with Gasteiger partial charge < -0.3 is 29.5 Å². The summed E-state index contributed by atoms with van der Waals surface area (Å²) < 4.78 is 16.8. The van der Waals surface area contributed by atoms with E-state index >= 15 is 0 Å². The van der Waals surface area contributed by atoms with Gasteiger partial charge in [-0.15, -0.1) is 0 Å². The van der Waals surface area contributed by atoms with Gasteiger partial charge in [-0.3, -0.25) is 4.79 Å². The second kappa shape index (κ2) is 10.6. The van der Waals surface area contributed by atoms with Gasteiger partial charge in [-0.05, 0) is 44.4 Å². The van der Waals surface area contributed by atoms with E-state index in [-0.39, 0.29) is 18.8 Å². The predicted octanol–water partition coefficient (Wildman–Crippen LogP) is 4.27. The molecule has 0 saturated carbocycles. The van der Waals surface area contributed by atoms with Crippen LogP contribution in [0.5, 0.6) is 11.6 Å². The number of likely N-dealkylation sites (tertiary alicyclic amines) is 1. The SMILES string of the molecule is COc1cnc(O[C@@H]2C[C@@H](C(=O)O)N(C(=O)[C@@H](NC(=O)OC(C)(C)C)C(C)(C)C)C2)c2cc(Cl)ccc12. The third kappa shape index (κ3) is 6.74. The quantitative estimate of drug-likeness (QED) is 0.561. The molecule has 11 heteroatoms. The van der Waals surface area contributed by atoms with E-state index in [9.17, 15) is 19.5 Å². The number of carboxylic acids is 1. The van der Waals surface area contributed by atoms with Gasteiger partial charge in [0.15, 0.2) is 0 Å². The molecule has 0 bridgehead atoms. The zero-order valence-electron chi connectivity index (χ0n) is 22.1. The molecular formula is C26H34ClN3O7. The number of alkyl carbamates (subject to hydrolysis) is 1. The number of halogens is 1. The highest BCUT2D eigenvalue weighted by Crippen LogP contribution is 2.35. The van der Waals surface area contributed by atoms with Gasteiger partial charge in [0, 0.05) is 22.2 Å². The number of hydrogen-bond acceptors (Lipinski definition) is 7. The fourth-order valence-electron chi connectivity index (χ4n) is 4.18. The van der Waals surface area contributed by atoms with Crippen LogP contribution in [0.3, 0.4) is 0 Å². The summed E-state index contributed by atoms with van der Waals surface area (Å²) in [5.74, 6) is -0.916. The van der Waals surface area contributed by atoms with Crippen LogP contribution in [0.1, 0.15) is 48.0 Å². The predicted molar refractivity (Wildman–Crippen MR) is 138 cm³/mol. The number of nitrogens with zero attached hydrogens (tertiary/aromatic N) is 2. The molecule has 1 aliphatic rings. The van der Waals surface area contributed by atoms with E-state index in [0.717, 1.165) is 5.39 Å². The van der Waals surface area contributed by atoms with Crippen LogP contribution in [-0.4, -0.2) is 70.4 Å². The molecule has 1 saturated heterocycles. The number of aromatic nitrogens is 1. The maximum Gasteiger partial charge on any atom is 0.408 e. The zero-order chi connectivity index (χ0) is 27.7.